The first kappa shape index (κ1) is 15.4. The molecule has 1 fully saturated rings. The van der Waals surface area contributed by atoms with Gasteiger partial charge in [-0.15, -0.1) is 11.3 Å². The van der Waals surface area contributed by atoms with Crippen molar-refractivity contribution < 1.29 is 14.3 Å². The van der Waals surface area contributed by atoms with Gasteiger partial charge in [0, 0.05) is 11.5 Å². The summed E-state index contributed by atoms with van der Waals surface area (Å²) < 4.78 is 10.9. The van der Waals surface area contributed by atoms with Crippen LogP contribution >= 0.6 is 11.3 Å². The third kappa shape index (κ3) is 4.56. The van der Waals surface area contributed by atoms with Gasteiger partial charge in [-0.3, -0.25) is 0 Å². The number of carbonyl (C=O) groups excluding carboxylic acids is 1. The zero-order chi connectivity index (χ0) is 14.2. The van der Waals surface area contributed by atoms with Crippen LogP contribution in [0.1, 0.15) is 60.8 Å². The third-order valence-corrected chi connectivity index (χ3v) is 4.46. The van der Waals surface area contributed by atoms with Gasteiger partial charge in [0.2, 0.25) is 0 Å². The summed E-state index contributed by atoms with van der Waals surface area (Å²) in [6, 6.07) is 0. The predicted molar refractivity (Wildman–Crippen MR) is 79.2 cm³/mol. The molecule has 0 spiro atoms. The molecule has 0 atom stereocenters. The van der Waals surface area contributed by atoms with Crippen molar-refractivity contribution in [3.05, 3.63) is 16.1 Å². The van der Waals surface area contributed by atoms with Crippen LogP contribution in [0.5, 0.6) is 0 Å². The molecule has 0 unspecified atom stereocenters. The molecule has 1 aliphatic rings. The van der Waals surface area contributed by atoms with Gasteiger partial charge < -0.3 is 9.47 Å². The Kier molecular flexibility index (Phi) is 6.47. The highest BCUT2D eigenvalue weighted by Crippen LogP contribution is 2.21. The minimum atomic E-state index is -0.308. The lowest BCUT2D eigenvalue weighted by molar-refractivity contribution is 0.0272. The molecule has 0 bridgehead atoms. The largest absolute Gasteiger partial charge is 0.461 e. The fourth-order valence-electron chi connectivity index (χ4n) is 2.53. The number of hydrogen-bond acceptors (Lipinski definition) is 5. The molecule has 1 aliphatic carbocycles. The summed E-state index contributed by atoms with van der Waals surface area (Å²) in [6.45, 7) is 2.97. The molecule has 2 rings (SSSR count). The van der Waals surface area contributed by atoms with Crippen molar-refractivity contribution >= 4 is 17.3 Å². The molecule has 0 aliphatic heterocycles. The fourth-order valence-corrected chi connectivity index (χ4v) is 3.32. The number of esters is 1. The smallest absolute Gasteiger partial charge is 0.358 e. The molecular weight excluding hydrogens is 274 g/mol. The van der Waals surface area contributed by atoms with Crippen molar-refractivity contribution in [3.63, 3.8) is 0 Å². The van der Waals surface area contributed by atoms with Crippen LogP contribution in [0.3, 0.4) is 0 Å². The van der Waals surface area contributed by atoms with E-state index in [1.54, 1.807) is 5.51 Å². The van der Waals surface area contributed by atoms with Gasteiger partial charge in [0.05, 0.1) is 18.2 Å². The van der Waals surface area contributed by atoms with E-state index < -0.39 is 0 Å². The molecule has 1 aromatic heterocycles. The van der Waals surface area contributed by atoms with Crippen molar-refractivity contribution in [2.45, 2.75) is 58.0 Å². The van der Waals surface area contributed by atoms with Gasteiger partial charge in [-0.1, -0.05) is 19.3 Å². The number of nitrogens with zero attached hydrogens (tertiary/aromatic N) is 1. The number of thiazole rings is 1. The summed E-state index contributed by atoms with van der Waals surface area (Å²) >= 11 is 1.52. The topological polar surface area (TPSA) is 48.4 Å². The lowest BCUT2D eigenvalue weighted by Gasteiger charge is -2.21. The number of aryl methyl sites for hydroxylation is 1. The lowest BCUT2D eigenvalue weighted by atomic mass is 9.98. The number of carbonyl (C=O) groups is 1. The van der Waals surface area contributed by atoms with E-state index in [1.807, 2.05) is 6.92 Å². The van der Waals surface area contributed by atoms with E-state index in [9.17, 15) is 4.79 Å². The lowest BCUT2D eigenvalue weighted by Crippen LogP contribution is -2.17. The van der Waals surface area contributed by atoms with Crippen molar-refractivity contribution in [3.8, 4) is 0 Å². The quantitative estimate of drug-likeness (QED) is 0.570. The molecule has 20 heavy (non-hydrogen) atoms. The molecule has 0 saturated heterocycles. The van der Waals surface area contributed by atoms with Gasteiger partial charge in [-0.05, 0) is 32.6 Å². The van der Waals surface area contributed by atoms with E-state index in [0.717, 1.165) is 24.3 Å². The Balaban J connectivity index is 1.71. The van der Waals surface area contributed by atoms with Gasteiger partial charge in [0.25, 0.3) is 0 Å². The van der Waals surface area contributed by atoms with Crippen molar-refractivity contribution in [2.75, 3.05) is 13.2 Å². The second kappa shape index (κ2) is 8.37. The molecule has 112 valence electrons. The highest BCUT2D eigenvalue weighted by Gasteiger charge is 2.16. The van der Waals surface area contributed by atoms with Crippen LogP contribution < -0.4 is 0 Å². The van der Waals surface area contributed by atoms with Gasteiger partial charge in [-0.25, -0.2) is 9.78 Å². The summed E-state index contributed by atoms with van der Waals surface area (Å²) in [5.41, 5.74) is 2.19. The Morgan fingerprint density at radius 1 is 1.40 bits per heavy atom. The number of rotatable bonds is 7. The zero-order valence-electron chi connectivity index (χ0n) is 12.1. The Hall–Kier alpha value is -0.940. The second-order valence-electron chi connectivity index (χ2n) is 5.08. The summed E-state index contributed by atoms with van der Waals surface area (Å²) in [5, 5.41) is 0. The van der Waals surface area contributed by atoms with E-state index >= 15 is 0 Å². The van der Waals surface area contributed by atoms with Crippen LogP contribution in [0.25, 0.3) is 0 Å². The molecule has 0 aromatic carbocycles. The average Bonchev–Trinajstić information content (AvgIpc) is 2.93. The highest BCUT2D eigenvalue weighted by molar-refractivity contribution is 7.09. The molecule has 1 saturated carbocycles. The molecule has 0 radical (unpaired) electrons. The monoisotopic (exact) mass is 297 g/mol. The molecule has 1 aromatic rings. The normalized spacial score (nSPS) is 16.2. The van der Waals surface area contributed by atoms with E-state index in [2.05, 4.69) is 4.98 Å². The highest BCUT2D eigenvalue weighted by atomic mass is 32.1. The molecule has 5 heteroatoms. The first-order valence-electron chi connectivity index (χ1n) is 7.52. The Bertz CT molecular complexity index is 413. The van der Waals surface area contributed by atoms with E-state index in [0.29, 0.717) is 18.4 Å². The van der Waals surface area contributed by atoms with E-state index in [4.69, 9.17) is 9.47 Å². The van der Waals surface area contributed by atoms with Gasteiger partial charge >= 0.3 is 5.97 Å². The molecule has 1 heterocycles. The van der Waals surface area contributed by atoms with Crippen LogP contribution in [-0.2, 0) is 15.9 Å². The van der Waals surface area contributed by atoms with Gasteiger partial charge in [-0.2, -0.15) is 0 Å². The third-order valence-electron chi connectivity index (χ3n) is 3.56. The summed E-state index contributed by atoms with van der Waals surface area (Å²) in [7, 11) is 0. The first-order chi connectivity index (χ1) is 9.81. The summed E-state index contributed by atoms with van der Waals surface area (Å²) in [6.07, 6.45) is 8.58. The van der Waals surface area contributed by atoms with Crippen LogP contribution in [0, 0.1) is 0 Å². The predicted octanol–water partition coefficient (Wildman–Crippen LogP) is 3.60. The van der Waals surface area contributed by atoms with Crippen LogP contribution in [0.4, 0.5) is 0 Å². The van der Waals surface area contributed by atoms with Gasteiger partial charge in [0.15, 0.2) is 5.69 Å². The molecule has 0 N–H and O–H groups in total. The zero-order valence-corrected chi connectivity index (χ0v) is 12.9. The van der Waals surface area contributed by atoms with Crippen molar-refractivity contribution in [1.29, 1.82) is 0 Å². The Morgan fingerprint density at radius 2 is 2.20 bits per heavy atom. The standard InChI is InChI=1S/C15H23NO3S/c1-2-18-15(17)14-13(20-11-16-14)9-6-10-19-12-7-4-3-5-8-12/h11-12H,2-10H2,1H3. The molecule has 0 amide bonds. The van der Waals surface area contributed by atoms with Crippen molar-refractivity contribution in [1.82, 2.24) is 4.98 Å². The Labute approximate surface area is 124 Å². The second-order valence-corrected chi connectivity index (χ2v) is 6.02. The summed E-state index contributed by atoms with van der Waals surface area (Å²) in [5.74, 6) is -0.308. The van der Waals surface area contributed by atoms with Crippen LogP contribution in [0.2, 0.25) is 0 Å². The number of hydrogen-bond donors (Lipinski definition) is 0. The average molecular weight is 297 g/mol. The first-order valence-corrected chi connectivity index (χ1v) is 8.40. The van der Waals surface area contributed by atoms with Gasteiger partial charge in [0.1, 0.15) is 0 Å². The van der Waals surface area contributed by atoms with Crippen LogP contribution in [-0.4, -0.2) is 30.3 Å². The number of ether oxygens (including phenoxy) is 2. The molecular formula is C15H23NO3S. The summed E-state index contributed by atoms with van der Waals surface area (Å²) in [4.78, 5) is 16.8. The minimum Gasteiger partial charge on any atom is -0.461 e. The SMILES string of the molecule is CCOC(=O)c1ncsc1CCCOC1CCCCC1. The van der Waals surface area contributed by atoms with E-state index in [-0.39, 0.29) is 5.97 Å². The maximum absolute atomic E-state index is 11.7. The maximum Gasteiger partial charge on any atom is 0.358 e. The number of aromatic nitrogens is 1. The maximum atomic E-state index is 11.7. The fraction of sp³-hybridized carbons (Fsp3) is 0.733. The van der Waals surface area contributed by atoms with E-state index in [1.165, 1.54) is 43.4 Å². The van der Waals surface area contributed by atoms with Crippen LogP contribution in [0.15, 0.2) is 5.51 Å². The molecule has 4 nitrogen and oxygen atoms in total. The minimum absolute atomic E-state index is 0.308. The Morgan fingerprint density at radius 3 is 2.95 bits per heavy atom. The van der Waals surface area contributed by atoms with Crippen molar-refractivity contribution in [2.24, 2.45) is 0 Å².